The van der Waals surface area contributed by atoms with Gasteiger partial charge in [-0.2, -0.15) is 5.26 Å². The topological polar surface area (TPSA) is 45.0 Å². The average molecular weight is 272 g/mol. The van der Waals surface area contributed by atoms with Crippen molar-refractivity contribution in [2.75, 3.05) is 13.2 Å². The molecule has 2 rings (SSSR count). The summed E-state index contributed by atoms with van der Waals surface area (Å²) in [6, 6.07) is 10.4. The lowest BCUT2D eigenvalue weighted by Crippen LogP contribution is -2.29. The van der Waals surface area contributed by atoms with Crippen molar-refractivity contribution in [3.8, 4) is 6.07 Å². The van der Waals surface area contributed by atoms with Crippen molar-refractivity contribution < 1.29 is 4.74 Å². The Bertz CT molecular complexity index is 461. The molecule has 1 fully saturated rings. The predicted molar refractivity (Wildman–Crippen MR) is 80.5 cm³/mol. The van der Waals surface area contributed by atoms with E-state index in [4.69, 9.17) is 4.74 Å². The number of nitrogens with one attached hydrogen (secondary N) is 1. The Hall–Kier alpha value is -1.37. The van der Waals surface area contributed by atoms with Crippen LogP contribution in [0.15, 0.2) is 24.3 Å². The van der Waals surface area contributed by atoms with E-state index < -0.39 is 0 Å². The van der Waals surface area contributed by atoms with Crippen LogP contribution in [0.3, 0.4) is 0 Å². The van der Waals surface area contributed by atoms with Crippen LogP contribution in [0.4, 0.5) is 0 Å². The van der Waals surface area contributed by atoms with Gasteiger partial charge in [-0.25, -0.2) is 0 Å². The molecule has 0 saturated carbocycles. The fourth-order valence-electron chi connectivity index (χ4n) is 2.47. The zero-order valence-corrected chi connectivity index (χ0v) is 12.6. The highest BCUT2D eigenvalue weighted by Crippen LogP contribution is 2.24. The van der Waals surface area contributed by atoms with Crippen LogP contribution in [0.5, 0.6) is 0 Å². The van der Waals surface area contributed by atoms with Gasteiger partial charge in [0.15, 0.2) is 0 Å². The number of hydrogen-bond acceptors (Lipinski definition) is 3. The number of ether oxygens (including phenoxy) is 1. The van der Waals surface area contributed by atoms with E-state index in [0.717, 1.165) is 31.6 Å². The van der Waals surface area contributed by atoms with Crippen molar-refractivity contribution in [3.63, 3.8) is 0 Å². The Kier molecular flexibility index (Phi) is 4.80. The number of rotatable bonds is 4. The van der Waals surface area contributed by atoms with Gasteiger partial charge in [-0.15, -0.1) is 0 Å². The summed E-state index contributed by atoms with van der Waals surface area (Å²) in [5, 5.41) is 12.6. The number of nitrogens with zero attached hydrogens (tertiary/aromatic N) is 1. The second-order valence-corrected chi connectivity index (χ2v) is 6.48. The van der Waals surface area contributed by atoms with E-state index in [-0.39, 0.29) is 17.6 Å². The van der Waals surface area contributed by atoms with E-state index >= 15 is 0 Å². The van der Waals surface area contributed by atoms with E-state index in [1.165, 1.54) is 5.56 Å². The van der Waals surface area contributed by atoms with Crippen molar-refractivity contribution in [3.05, 3.63) is 35.4 Å². The molecule has 0 bridgehead atoms. The third-order valence-electron chi connectivity index (χ3n) is 3.81. The van der Waals surface area contributed by atoms with Gasteiger partial charge in [0, 0.05) is 13.2 Å². The molecular formula is C17H24N2O. The molecule has 1 heterocycles. The van der Waals surface area contributed by atoms with E-state index in [2.05, 4.69) is 56.4 Å². The molecule has 3 heteroatoms. The summed E-state index contributed by atoms with van der Waals surface area (Å²) in [5.41, 5.74) is 2.46. The summed E-state index contributed by atoms with van der Waals surface area (Å²) in [7, 11) is 0. The van der Waals surface area contributed by atoms with Gasteiger partial charge in [0.2, 0.25) is 0 Å². The molecular weight excluding hydrogens is 248 g/mol. The molecule has 20 heavy (non-hydrogen) atoms. The highest BCUT2D eigenvalue weighted by Gasteiger charge is 2.19. The first-order valence-corrected chi connectivity index (χ1v) is 7.36. The first kappa shape index (κ1) is 15.0. The lowest BCUT2D eigenvalue weighted by Gasteiger charge is -2.20. The van der Waals surface area contributed by atoms with Crippen molar-refractivity contribution in [1.82, 2.24) is 5.32 Å². The normalized spacial score (nSPS) is 20.6. The van der Waals surface area contributed by atoms with Crippen LogP contribution in [0, 0.1) is 11.3 Å². The largest absolute Gasteiger partial charge is 0.377 e. The first-order chi connectivity index (χ1) is 9.50. The lowest BCUT2D eigenvalue weighted by molar-refractivity contribution is 0.109. The quantitative estimate of drug-likeness (QED) is 0.914. The zero-order valence-electron chi connectivity index (χ0n) is 12.6. The summed E-state index contributed by atoms with van der Waals surface area (Å²) >= 11 is 0. The maximum Gasteiger partial charge on any atom is 0.121 e. The molecule has 1 saturated heterocycles. The molecule has 0 spiro atoms. The van der Waals surface area contributed by atoms with Crippen LogP contribution < -0.4 is 5.32 Å². The molecule has 0 amide bonds. The van der Waals surface area contributed by atoms with Crippen molar-refractivity contribution in [1.29, 1.82) is 5.26 Å². The minimum absolute atomic E-state index is 0.145. The molecule has 0 aromatic heterocycles. The van der Waals surface area contributed by atoms with Crippen LogP contribution in [0.25, 0.3) is 0 Å². The summed E-state index contributed by atoms with van der Waals surface area (Å²) in [4.78, 5) is 0. The van der Waals surface area contributed by atoms with Gasteiger partial charge in [0.25, 0.3) is 0 Å². The Balaban J connectivity index is 1.98. The summed E-state index contributed by atoms with van der Waals surface area (Å²) in [5.74, 6) is 0. The smallest absolute Gasteiger partial charge is 0.121 e. The molecule has 3 nitrogen and oxygen atoms in total. The standard InChI is InChI=1S/C17H24N2O/c1-17(2,3)14-8-6-13(7-9-14)16(11-18)19-12-15-5-4-10-20-15/h6-9,15-16,19H,4-5,10,12H2,1-3H3. The summed E-state index contributed by atoms with van der Waals surface area (Å²) in [6.07, 6.45) is 2.48. The van der Waals surface area contributed by atoms with Crippen LogP contribution in [0.1, 0.15) is 50.8 Å². The van der Waals surface area contributed by atoms with Crippen LogP contribution in [0.2, 0.25) is 0 Å². The molecule has 2 unspecified atom stereocenters. The highest BCUT2D eigenvalue weighted by molar-refractivity contribution is 5.31. The maximum absolute atomic E-state index is 9.33. The van der Waals surface area contributed by atoms with Crippen LogP contribution in [-0.2, 0) is 10.2 Å². The number of nitriles is 1. The van der Waals surface area contributed by atoms with Gasteiger partial charge in [-0.3, -0.25) is 5.32 Å². The van der Waals surface area contributed by atoms with Gasteiger partial charge in [-0.05, 0) is 29.4 Å². The lowest BCUT2D eigenvalue weighted by atomic mass is 9.86. The van der Waals surface area contributed by atoms with Crippen LogP contribution in [-0.4, -0.2) is 19.3 Å². The minimum atomic E-state index is -0.256. The van der Waals surface area contributed by atoms with Gasteiger partial charge < -0.3 is 4.74 Å². The average Bonchev–Trinajstić information content (AvgIpc) is 2.92. The fourth-order valence-corrected chi connectivity index (χ4v) is 2.47. The Morgan fingerprint density at radius 1 is 1.35 bits per heavy atom. The van der Waals surface area contributed by atoms with E-state index in [1.54, 1.807) is 0 Å². The Labute approximate surface area is 121 Å². The second kappa shape index (κ2) is 6.39. The third-order valence-corrected chi connectivity index (χ3v) is 3.81. The number of benzene rings is 1. The molecule has 0 radical (unpaired) electrons. The van der Waals surface area contributed by atoms with Crippen molar-refractivity contribution in [2.24, 2.45) is 0 Å². The van der Waals surface area contributed by atoms with E-state index in [9.17, 15) is 5.26 Å². The Morgan fingerprint density at radius 2 is 2.05 bits per heavy atom. The minimum Gasteiger partial charge on any atom is -0.377 e. The highest BCUT2D eigenvalue weighted by atomic mass is 16.5. The van der Waals surface area contributed by atoms with E-state index in [0.29, 0.717) is 0 Å². The summed E-state index contributed by atoms with van der Waals surface area (Å²) in [6.45, 7) is 8.18. The maximum atomic E-state index is 9.33. The van der Waals surface area contributed by atoms with Gasteiger partial charge in [0.1, 0.15) is 6.04 Å². The summed E-state index contributed by atoms with van der Waals surface area (Å²) < 4.78 is 5.58. The van der Waals surface area contributed by atoms with Gasteiger partial charge in [0.05, 0.1) is 12.2 Å². The molecule has 1 aromatic carbocycles. The molecule has 2 atom stereocenters. The van der Waals surface area contributed by atoms with E-state index in [1.807, 2.05) is 0 Å². The molecule has 108 valence electrons. The van der Waals surface area contributed by atoms with Crippen LogP contribution >= 0.6 is 0 Å². The number of hydrogen-bond donors (Lipinski definition) is 1. The molecule has 1 aliphatic heterocycles. The van der Waals surface area contributed by atoms with Gasteiger partial charge >= 0.3 is 0 Å². The molecule has 0 aliphatic carbocycles. The Morgan fingerprint density at radius 3 is 2.55 bits per heavy atom. The first-order valence-electron chi connectivity index (χ1n) is 7.36. The van der Waals surface area contributed by atoms with Crippen molar-refractivity contribution in [2.45, 2.75) is 51.2 Å². The van der Waals surface area contributed by atoms with Crippen molar-refractivity contribution >= 4 is 0 Å². The predicted octanol–water partition coefficient (Wildman–Crippen LogP) is 3.32. The third kappa shape index (κ3) is 3.82. The monoisotopic (exact) mass is 272 g/mol. The second-order valence-electron chi connectivity index (χ2n) is 6.48. The molecule has 1 aromatic rings. The molecule has 1 aliphatic rings. The molecule has 1 N–H and O–H groups in total. The fraction of sp³-hybridized carbons (Fsp3) is 0.588. The SMILES string of the molecule is CC(C)(C)c1ccc(C(C#N)NCC2CCCO2)cc1. The zero-order chi connectivity index (χ0) is 14.6. The van der Waals surface area contributed by atoms with Gasteiger partial charge in [-0.1, -0.05) is 45.0 Å².